The fraction of sp³-hybridized carbons (Fsp3) is 0.500. The Morgan fingerprint density at radius 2 is 2.06 bits per heavy atom. The number of nitrogens with one attached hydrogen (secondary N) is 1. The second-order valence-electron chi connectivity index (χ2n) is 4.04. The summed E-state index contributed by atoms with van der Waals surface area (Å²) in [6.45, 7) is 6.93. The molecule has 0 saturated carbocycles. The molecule has 0 amide bonds. The van der Waals surface area contributed by atoms with Gasteiger partial charge in [-0.25, -0.2) is 4.39 Å². The van der Waals surface area contributed by atoms with Crippen LogP contribution in [0.4, 0.5) is 4.39 Å². The summed E-state index contributed by atoms with van der Waals surface area (Å²) in [4.78, 5) is 0. The highest BCUT2D eigenvalue weighted by Crippen LogP contribution is 2.32. The van der Waals surface area contributed by atoms with Crippen molar-refractivity contribution in [3.05, 3.63) is 33.0 Å². The van der Waals surface area contributed by atoms with Crippen LogP contribution in [0.2, 0.25) is 5.02 Å². The van der Waals surface area contributed by atoms with Gasteiger partial charge in [0, 0.05) is 16.1 Å². The summed E-state index contributed by atoms with van der Waals surface area (Å²) in [7, 11) is 0. The van der Waals surface area contributed by atoms with Crippen LogP contribution in [0.1, 0.15) is 32.4 Å². The highest BCUT2D eigenvalue weighted by Gasteiger charge is 2.20. The van der Waals surface area contributed by atoms with Gasteiger partial charge >= 0.3 is 0 Å². The molecule has 1 unspecified atom stereocenters. The Balaban J connectivity index is 3.15. The number of benzene rings is 1. The van der Waals surface area contributed by atoms with Crippen LogP contribution in [0.5, 0.6) is 0 Å². The quantitative estimate of drug-likeness (QED) is 0.805. The van der Waals surface area contributed by atoms with Crippen molar-refractivity contribution in [1.29, 1.82) is 0 Å². The molecule has 1 atom stereocenters. The number of hydrogen-bond donors (Lipinski definition) is 1. The molecule has 1 N–H and O–H groups in total. The zero-order chi connectivity index (χ0) is 12.3. The van der Waals surface area contributed by atoms with E-state index in [9.17, 15) is 4.39 Å². The number of halogens is 3. The summed E-state index contributed by atoms with van der Waals surface area (Å²) >= 11 is 9.10. The standard InChI is InChI=1S/C12H16BrClFN/c1-4-16-12(7(2)3)8-5-6-9(13)10(14)11(8)15/h5-7,12,16H,4H2,1-3H3. The van der Waals surface area contributed by atoms with Crippen LogP contribution in [-0.4, -0.2) is 6.54 Å². The van der Waals surface area contributed by atoms with Crippen molar-refractivity contribution in [1.82, 2.24) is 5.32 Å². The Morgan fingerprint density at radius 3 is 2.56 bits per heavy atom. The van der Waals surface area contributed by atoms with E-state index in [2.05, 4.69) is 35.1 Å². The lowest BCUT2D eigenvalue weighted by Crippen LogP contribution is -2.26. The molecular weight excluding hydrogens is 292 g/mol. The molecule has 0 aliphatic heterocycles. The molecule has 0 aliphatic rings. The maximum Gasteiger partial charge on any atom is 0.147 e. The van der Waals surface area contributed by atoms with Crippen LogP contribution in [0, 0.1) is 11.7 Å². The summed E-state index contributed by atoms with van der Waals surface area (Å²) in [6, 6.07) is 3.56. The van der Waals surface area contributed by atoms with Gasteiger partial charge in [-0.1, -0.05) is 38.4 Å². The van der Waals surface area contributed by atoms with Gasteiger partial charge < -0.3 is 5.32 Å². The fourth-order valence-electron chi connectivity index (χ4n) is 1.71. The van der Waals surface area contributed by atoms with Crippen molar-refractivity contribution in [2.75, 3.05) is 6.54 Å². The summed E-state index contributed by atoms with van der Waals surface area (Å²) in [5.74, 6) is -0.0256. The molecule has 1 rings (SSSR count). The first-order chi connectivity index (χ1) is 7.49. The van der Waals surface area contributed by atoms with E-state index >= 15 is 0 Å². The Bertz CT molecular complexity index is 368. The van der Waals surface area contributed by atoms with E-state index in [1.54, 1.807) is 12.1 Å². The third-order valence-corrected chi connectivity index (χ3v) is 3.75. The lowest BCUT2D eigenvalue weighted by molar-refractivity contribution is 0.406. The smallest absolute Gasteiger partial charge is 0.147 e. The first-order valence-corrected chi connectivity index (χ1v) is 6.52. The van der Waals surface area contributed by atoms with Gasteiger partial charge in [-0.15, -0.1) is 0 Å². The van der Waals surface area contributed by atoms with Crippen LogP contribution >= 0.6 is 27.5 Å². The van der Waals surface area contributed by atoms with Crippen molar-refractivity contribution in [2.45, 2.75) is 26.8 Å². The Morgan fingerprint density at radius 1 is 1.44 bits per heavy atom. The highest BCUT2D eigenvalue weighted by atomic mass is 79.9. The first kappa shape index (κ1) is 13.9. The zero-order valence-corrected chi connectivity index (χ0v) is 12.0. The average Bonchev–Trinajstić information content (AvgIpc) is 2.24. The third kappa shape index (κ3) is 2.96. The van der Waals surface area contributed by atoms with Gasteiger partial charge in [-0.05, 0) is 34.5 Å². The Kier molecular flexibility index (Phi) is 5.22. The lowest BCUT2D eigenvalue weighted by atomic mass is 9.95. The average molecular weight is 309 g/mol. The highest BCUT2D eigenvalue weighted by molar-refractivity contribution is 9.10. The summed E-state index contributed by atoms with van der Waals surface area (Å²) in [6.07, 6.45) is 0. The van der Waals surface area contributed by atoms with Gasteiger partial charge in [0.05, 0.1) is 5.02 Å². The van der Waals surface area contributed by atoms with E-state index in [1.807, 2.05) is 6.92 Å². The van der Waals surface area contributed by atoms with Crippen molar-refractivity contribution < 1.29 is 4.39 Å². The Hall–Kier alpha value is -0.120. The molecule has 0 aromatic heterocycles. The maximum absolute atomic E-state index is 14.0. The molecule has 0 heterocycles. The monoisotopic (exact) mass is 307 g/mol. The Labute approximate surface area is 110 Å². The molecule has 16 heavy (non-hydrogen) atoms. The molecule has 0 saturated heterocycles. The second-order valence-corrected chi connectivity index (χ2v) is 5.28. The first-order valence-electron chi connectivity index (χ1n) is 5.35. The third-order valence-electron chi connectivity index (χ3n) is 2.49. The number of rotatable bonds is 4. The van der Waals surface area contributed by atoms with E-state index in [1.165, 1.54) is 0 Å². The minimum absolute atomic E-state index is 0.00407. The molecule has 90 valence electrons. The van der Waals surface area contributed by atoms with E-state index < -0.39 is 0 Å². The van der Waals surface area contributed by atoms with Crippen molar-refractivity contribution in [2.24, 2.45) is 5.92 Å². The predicted molar refractivity (Wildman–Crippen MR) is 70.4 cm³/mol. The van der Waals surface area contributed by atoms with Crippen molar-refractivity contribution in [3.8, 4) is 0 Å². The van der Waals surface area contributed by atoms with Gasteiger partial charge in [-0.2, -0.15) is 0 Å². The predicted octanol–water partition coefficient (Wildman–Crippen LogP) is 4.55. The SMILES string of the molecule is CCNC(c1ccc(Br)c(Cl)c1F)C(C)C. The zero-order valence-electron chi connectivity index (χ0n) is 9.65. The van der Waals surface area contributed by atoms with E-state index in [-0.39, 0.29) is 16.9 Å². The van der Waals surface area contributed by atoms with Crippen molar-refractivity contribution in [3.63, 3.8) is 0 Å². The normalized spacial score (nSPS) is 13.2. The van der Waals surface area contributed by atoms with Gasteiger partial charge in [0.15, 0.2) is 0 Å². The largest absolute Gasteiger partial charge is 0.310 e. The molecule has 1 aromatic carbocycles. The topological polar surface area (TPSA) is 12.0 Å². The minimum Gasteiger partial charge on any atom is -0.310 e. The minimum atomic E-state index is -0.337. The molecule has 0 fully saturated rings. The molecule has 0 radical (unpaired) electrons. The molecule has 0 bridgehead atoms. The summed E-state index contributed by atoms with van der Waals surface area (Å²) < 4.78 is 14.6. The lowest BCUT2D eigenvalue weighted by Gasteiger charge is -2.23. The van der Waals surface area contributed by atoms with Crippen LogP contribution in [0.25, 0.3) is 0 Å². The summed E-state index contributed by atoms with van der Waals surface area (Å²) in [5, 5.41) is 3.43. The second kappa shape index (κ2) is 5.99. The molecular formula is C12H16BrClFN. The van der Waals surface area contributed by atoms with Gasteiger partial charge in [0.2, 0.25) is 0 Å². The van der Waals surface area contributed by atoms with Gasteiger partial charge in [0.25, 0.3) is 0 Å². The van der Waals surface area contributed by atoms with Crippen LogP contribution in [-0.2, 0) is 0 Å². The van der Waals surface area contributed by atoms with E-state index in [0.29, 0.717) is 16.0 Å². The molecule has 4 heteroatoms. The molecule has 1 nitrogen and oxygen atoms in total. The van der Waals surface area contributed by atoms with Gasteiger partial charge in [0.1, 0.15) is 5.82 Å². The van der Waals surface area contributed by atoms with E-state index in [4.69, 9.17) is 11.6 Å². The van der Waals surface area contributed by atoms with E-state index in [0.717, 1.165) is 6.54 Å². The molecule has 0 aliphatic carbocycles. The van der Waals surface area contributed by atoms with Crippen LogP contribution in [0.3, 0.4) is 0 Å². The van der Waals surface area contributed by atoms with Crippen molar-refractivity contribution >= 4 is 27.5 Å². The van der Waals surface area contributed by atoms with Crippen LogP contribution < -0.4 is 5.32 Å². The maximum atomic E-state index is 14.0. The van der Waals surface area contributed by atoms with Gasteiger partial charge in [-0.3, -0.25) is 0 Å². The summed E-state index contributed by atoms with van der Waals surface area (Å²) in [5.41, 5.74) is 0.630. The number of hydrogen-bond acceptors (Lipinski definition) is 1. The molecule has 1 aromatic rings. The molecule has 0 spiro atoms. The van der Waals surface area contributed by atoms with Crippen LogP contribution in [0.15, 0.2) is 16.6 Å². The fourth-order valence-corrected chi connectivity index (χ4v) is 2.18.